The maximum Gasteiger partial charge on any atom is 0.258 e. The Hall–Kier alpha value is -1.46. The van der Waals surface area contributed by atoms with E-state index in [0.29, 0.717) is 5.56 Å². The molecule has 0 fully saturated rings. The molecule has 0 aliphatic rings. The molecule has 0 atom stereocenters. The van der Waals surface area contributed by atoms with Gasteiger partial charge in [0.2, 0.25) is 0 Å². The first-order chi connectivity index (χ1) is 9.26. The minimum atomic E-state index is -0.126. The molecule has 0 unspecified atom stereocenters. The van der Waals surface area contributed by atoms with E-state index < -0.39 is 0 Å². The molecule has 0 saturated heterocycles. The summed E-state index contributed by atoms with van der Waals surface area (Å²) in [6.45, 7) is 0. The zero-order valence-corrected chi connectivity index (χ0v) is 12.3. The molecule has 0 radical (unpaired) electrons. The molecule has 2 aromatic rings. The predicted octanol–water partition coefficient (Wildman–Crippen LogP) is 3.78. The topological polar surface area (TPSA) is 42.0 Å². The number of carbonyl (C=O) groups excluding carboxylic acids is 1. The third-order valence-electron chi connectivity index (χ3n) is 2.56. The minimum absolute atomic E-state index is 0.126. The summed E-state index contributed by atoms with van der Waals surface area (Å²) in [6, 6.07) is 11.3. The van der Waals surface area contributed by atoms with Crippen LogP contribution in [0, 0.1) is 0 Å². The summed E-state index contributed by atoms with van der Waals surface area (Å²) >= 11 is 3.07. The van der Waals surface area contributed by atoms with Gasteiger partial charge in [0.15, 0.2) is 0 Å². The lowest BCUT2D eigenvalue weighted by Gasteiger charge is -2.10. The highest BCUT2D eigenvalue weighted by molar-refractivity contribution is 7.99. The van der Waals surface area contributed by atoms with Gasteiger partial charge < -0.3 is 5.32 Å². The molecule has 1 aromatic heterocycles. The maximum atomic E-state index is 12.3. The van der Waals surface area contributed by atoms with Crippen LogP contribution in [-0.4, -0.2) is 23.4 Å². The number of amides is 1. The van der Waals surface area contributed by atoms with Crippen molar-refractivity contribution < 1.29 is 4.79 Å². The van der Waals surface area contributed by atoms with Gasteiger partial charge in [-0.15, -0.1) is 23.5 Å². The van der Waals surface area contributed by atoms with Crippen molar-refractivity contribution in [1.82, 2.24) is 4.98 Å². The highest BCUT2D eigenvalue weighted by Crippen LogP contribution is 2.26. The number of aromatic nitrogens is 1. The zero-order chi connectivity index (χ0) is 13.7. The van der Waals surface area contributed by atoms with Crippen LogP contribution < -0.4 is 5.32 Å². The van der Waals surface area contributed by atoms with Crippen LogP contribution in [0.2, 0.25) is 0 Å². The molecule has 1 N–H and O–H groups in total. The number of hydrogen-bond acceptors (Lipinski definition) is 4. The Balaban J connectivity index is 2.26. The monoisotopic (exact) mass is 290 g/mol. The van der Waals surface area contributed by atoms with E-state index >= 15 is 0 Å². The number of anilines is 1. The van der Waals surface area contributed by atoms with Crippen molar-refractivity contribution in [2.75, 3.05) is 17.8 Å². The van der Waals surface area contributed by atoms with Gasteiger partial charge in [-0.1, -0.05) is 12.1 Å². The van der Waals surface area contributed by atoms with Gasteiger partial charge in [-0.2, -0.15) is 0 Å². The summed E-state index contributed by atoms with van der Waals surface area (Å²) in [5, 5.41) is 3.68. The summed E-state index contributed by atoms with van der Waals surface area (Å²) in [5.41, 5.74) is 1.43. The second kappa shape index (κ2) is 6.63. The van der Waals surface area contributed by atoms with Gasteiger partial charge in [-0.25, -0.2) is 4.98 Å². The van der Waals surface area contributed by atoms with Gasteiger partial charge >= 0.3 is 0 Å². The first-order valence-corrected chi connectivity index (χ1v) is 8.14. The molecular weight excluding hydrogens is 276 g/mol. The average Bonchev–Trinajstić information content (AvgIpc) is 2.47. The quantitative estimate of drug-likeness (QED) is 0.870. The Bertz CT molecular complexity index is 587. The first-order valence-electron chi connectivity index (χ1n) is 5.69. The lowest BCUT2D eigenvalue weighted by molar-refractivity contribution is 0.102. The number of benzene rings is 1. The molecular formula is C14H14N2OS2. The molecule has 0 aliphatic heterocycles. The Labute approximate surface area is 121 Å². The van der Waals surface area contributed by atoms with Crippen molar-refractivity contribution >= 4 is 35.1 Å². The SMILES string of the molecule is CSc1ccccc1NC(=O)c1cccnc1SC. The average molecular weight is 290 g/mol. The standard InChI is InChI=1S/C14H14N2OS2/c1-18-12-8-4-3-7-11(12)16-13(17)10-6-5-9-15-14(10)19-2/h3-9H,1-2H3,(H,16,17). The highest BCUT2D eigenvalue weighted by Gasteiger charge is 2.12. The normalized spacial score (nSPS) is 10.2. The van der Waals surface area contributed by atoms with Gasteiger partial charge in [0.25, 0.3) is 5.91 Å². The van der Waals surface area contributed by atoms with E-state index in [4.69, 9.17) is 0 Å². The molecule has 1 heterocycles. The first kappa shape index (κ1) is 14.0. The Morgan fingerprint density at radius 2 is 1.89 bits per heavy atom. The van der Waals surface area contributed by atoms with E-state index in [1.165, 1.54) is 11.8 Å². The Morgan fingerprint density at radius 3 is 2.63 bits per heavy atom. The van der Waals surface area contributed by atoms with E-state index in [0.717, 1.165) is 15.6 Å². The van der Waals surface area contributed by atoms with Crippen molar-refractivity contribution in [2.24, 2.45) is 0 Å². The number of rotatable bonds is 4. The third kappa shape index (κ3) is 3.30. The molecule has 0 saturated carbocycles. The second-order valence-corrected chi connectivity index (χ2v) is 5.36. The lowest BCUT2D eigenvalue weighted by atomic mass is 10.2. The molecule has 19 heavy (non-hydrogen) atoms. The largest absolute Gasteiger partial charge is 0.321 e. The predicted molar refractivity (Wildman–Crippen MR) is 82.2 cm³/mol. The van der Waals surface area contributed by atoms with Gasteiger partial charge in [-0.05, 0) is 36.8 Å². The van der Waals surface area contributed by atoms with Crippen LogP contribution in [0.25, 0.3) is 0 Å². The molecule has 3 nitrogen and oxygen atoms in total. The molecule has 1 aromatic carbocycles. The number of thioether (sulfide) groups is 2. The van der Waals surface area contributed by atoms with Crippen LogP contribution in [-0.2, 0) is 0 Å². The molecule has 0 spiro atoms. The van der Waals surface area contributed by atoms with Crippen molar-refractivity contribution in [3.63, 3.8) is 0 Å². The lowest BCUT2D eigenvalue weighted by Crippen LogP contribution is -2.14. The van der Waals surface area contributed by atoms with Crippen LogP contribution in [0.5, 0.6) is 0 Å². The number of para-hydroxylation sites is 1. The van der Waals surface area contributed by atoms with E-state index in [1.54, 1.807) is 30.1 Å². The fourth-order valence-corrected chi connectivity index (χ4v) is 2.76. The zero-order valence-electron chi connectivity index (χ0n) is 10.7. The van der Waals surface area contributed by atoms with Gasteiger partial charge in [-0.3, -0.25) is 4.79 Å². The summed E-state index contributed by atoms with van der Waals surface area (Å²) in [5.74, 6) is -0.126. The fraction of sp³-hybridized carbons (Fsp3) is 0.143. The van der Waals surface area contributed by atoms with Crippen LogP contribution in [0.15, 0.2) is 52.5 Å². The van der Waals surface area contributed by atoms with Crippen molar-refractivity contribution in [2.45, 2.75) is 9.92 Å². The smallest absolute Gasteiger partial charge is 0.258 e. The van der Waals surface area contributed by atoms with Crippen LogP contribution in [0.1, 0.15) is 10.4 Å². The van der Waals surface area contributed by atoms with Crippen molar-refractivity contribution in [1.29, 1.82) is 0 Å². The van der Waals surface area contributed by atoms with Crippen LogP contribution >= 0.6 is 23.5 Å². The summed E-state index contributed by atoms with van der Waals surface area (Å²) in [4.78, 5) is 17.5. The van der Waals surface area contributed by atoms with E-state index in [1.807, 2.05) is 36.8 Å². The Morgan fingerprint density at radius 1 is 1.11 bits per heavy atom. The van der Waals surface area contributed by atoms with E-state index in [-0.39, 0.29) is 5.91 Å². The van der Waals surface area contributed by atoms with Gasteiger partial charge in [0.05, 0.1) is 11.3 Å². The van der Waals surface area contributed by atoms with Crippen molar-refractivity contribution in [3.05, 3.63) is 48.2 Å². The minimum Gasteiger partial charge on any atom is -0.321 e. The highest BCUT2D eigenvalue weighted by atomic mass is 32.2. The number of pyridine rings is 1. The van der Waals surface area contributed by atoms with Crippen molar-refractivity contribution in [3.8, 4) is 0 Å². The molecule has 1 amide bonds. The number of nitrogens with zero attached hydrogens (tertiary/aromatic N) is 1. The third-order valence-corrected chi connectivity index (χ3v) is 4.07. The molecule has 0 aliphatic carbocycles. The fourth-order valence-electron chi connectivity index (χ4n) is 1.66. The summed E-state index contributed by atoms with van der Waals surface area (Å²) < 4.78 is 0. The summed E-state index contributed by atoms with van der Waals surface area (Å²) in [6.07, 6.45) is 5.59. The van der Waals surface area contributed by atoms with Gasteiger partial charge in [0, 0.05) is 11.1 Å². The van der Waals surface area contributed by atoms with Crippen LogP contribution in [0.4, 0.5) is 5.69 Å². The molecule has 98 valence electrons. The molecule has 5 heteroatoms. The number of nitrogens with one attached hydrogen (secondary N) is 1. The van der Waals surface area contributed by atoms with Crippen LogP contribution in [0.3, 0.4) is 0 Å². The van der Waals surface area contributed by atoms with E-state index in [9.17, 15) is 4.79 Å². The van der Waals surface area contributed by atoms with Gasteiger partial charge in [0.1, 0.15) is 5.03 Å². The molecule has 0 bridgehead atoms. The Kier molecular flexibility index (Phi) is 4.87. The second-order valence-electron chi connectivity index (χ2n) is 3.71. The van der Waals surface area contributed by atoms with E-state index in [2.05, 4.69) is 10.3 Å². The maximum absolute atomic E-state index is 12.3. The molecule has 2 rings (SSSR count). The number of hydrogen-bond donors (Lipinski definition) is 1. The number of carbonyl (C=O) groups is 1. The summed E-state index contributed by atoms with van der Waals surface area (Å²) in [7, 11) is 0.